The Labute approximate surface area is 219 Å². The van der Waals surface area contributed by atoms with E-state index in [-0.39, 0.29) is 36.2 Å². The molecule has 4 atom stereocenters. The number of quaternary nitrogens is 1. The highest BCUT2D eigenvalue weighted by atomic mass is 16.5. The first-order valence-corrected chi connectivity index (χ1v) is 13.8. The summed E-state index contributed by atoms with van der Waals surface area (Å²) in [6.45, 7) is 10.5. The Morgan fingerprint density at radius 3 is 2.46 bits per heavy atom. The quantitative estimate of drug-likeness (QED) is 0.494. The number of carbonyl (C=O) groups excluding carboxylic acids is 3. The van der Waals surface area contributed by atoms with E-state index in [9.17, 15) is 14.4 Å². The zero-order valence-electron chi connectivity index (χ0n) is 22.4. The fourth-order valence-corrected chi connectivity index (χ4v) is 6.59. The molecule has 1 aromatic carbocycles. The second-order valence-electron chi connectivity index (χ2n) is 12.5. The molecule has 0 unspecified atom stereocenters. The van der Waals surface area contributed by atoms with Gasteiger partial charge in [-0.25, -0.2) is 0 Å². The Kier molecular flexibility index (Phi) is 7.17. The molecule has 0 spiro atoms. The topological polar surface area (TPSA) is 114 Å². The summed E-state index contributed by atoms with van der Waals surface area (Å²) in [5, 5.41) is 6.47. The Balaban J connectivity index is 1.33. The van der Waals surface area contributed by atoms with Crippen LogP contribution in [0.1, 0.15) is 56.8 Å². The summed E-state index contributed by atoms with van der Waals surface area (Å²) in [7, 11) is 0. The molecule has 5 rings (SSSR count). The van der Waals surface area contributed by atoms with E-state index in [4.69, 9.17) is 10.5 Å². The van der Waals surface area contributed by atoms with Gasteiger partial charge in [-0.2, -0.15) is 0 Å². The van der Waals surface area contributed by atoms with Crippen LogP contribution < -0.4 is 20.9 Å². The highest BCUT2D eigenvalue weighted by Gasteiger charge is 2.52. The van der Waals surface area contributed by atoms with Gasteiger partial charge in [0.05, 0.1) is 25.2 Å². The van der Waals surface area contributed by atoms with Crippen LogP contribution in [0.4, 0.5) is 5.69 Å². The monoisotopic (exact) mass is 512 g/mol. The molecular weight excluding hydrogens is 470 g/mol. The van der Waals surface area contributed by atoms with Crippen molar-refractivity contribution in [2.75, 3.05) is 39.3 Å². The lowest BCUT2D eigenvalue weighted by Gasteiger charge is -2.50. The van der Waals surface area contributed by atoms with Gasteiger partial charge >= 0.3 is 0 Å². The van der Waals surface area contributed by atoms with Crippen molar-refractivity contribution in [1.29, 1.82) is 0 Å². The number of nitrogens with one attached hydrogen (secondary N) is 2. The van der Waals surface area contributed by atoms with Crippen LogP contribution in [0.3, 0.4) is 0 Å². The Morgan fingerprint density at radius 1 is 1.19 bits per heavy atom. The zero-order chi connectivity index (χ0) is 26.4. The van der Waals surface area contributed by atoms with E-state index in [0.717, 1.165) is 30.7 Å². The number of ether oxygens (including phenoxy) is 1. The lowest BCUT2D eigenvalue weighted by Crippen LogP contribution is -2.66. The molecule has 9 nitrogen and oxygen atoms in total. The van der Waals surface area contributed by atoms with Gasteiger partial charge in [0.25, 0.3) is 5.91 Å². The molecule has 2 amide bonds. The predicted molar refractivity (Wildman–Crippen MR) is 142 cm³/mol. The highest BCUT2D eigenvalue weighted by molar-refractivity contribution is 5.99. The maximum atomic E-state index is 13.7. The van der Waals surface area contributed by atoms with Crippen LogP contribution in [0.5, 0.6) is 0 Å². The van der Waals surface area contributed by atoms with Crippen molar-refractivity contribution in [3.05, 3.63) is 29.8 Å². The molecule has 0 bridgehead atoms. The molecule has 9 heteroatoms. The fourth-order valence-electron chi connectivity index (χ4n) is 6.59. The second-order valence-corrected chi connectivity index (χ2v) is 12.5. The van der Waals surface area contributed by atoms with E-state index in [0.29, 0.717) is 18.0 Å². The third-order valence-electron chi connectivity index (χ3n) is 8.72. The minimum absolute atomic E-state index is 0.0215. The van der Waals surface area contributed by atoms with E-state index in [1.54, 1.807) is 0 Å². The molecule has 0 aromatic heterocycles. The number of nitrogens with zero attached hydrogens (tertiary/aromatic N) is 2. The first-order chi connectivity index (χ1) is 17.6. The summed E-state index contributed by atoms with van der Waals surface area (Å²) in [4.78, 5) is 41.0. The SMILES string of the molecule is CC(C)(C)C[C@H](NC(=O)c1ccc([N+]2(C3CCC3)CCNCC2)cc1)C(=O)N1C[C@H](N)[C@H]2OCC(=O)[C@H]21. The number of Topliss-reactive ketones (excluding diaryl/α,β-unsaturated/α-hetero) is 1. The summed E-state index contributed by atoms with van der Waals surface area (Å²) in [6.07, 6.45) is 3.79. The molecule has 4 N–H and O–H groups in total. The number of nitrogens with two attached hydrogens (primary N) is 1. The summed E-state index contributed by atoms with van der Waals surface area (Å²) >= 11 is 0. The first-order valence-electron chi connectivity index (χ1n) is 13.8. The molecule has 202 valence electrons. The Bertz CT molecular complexity index is 1030. The average Bonchev–Trinajstić information content (AvgIpc) is 3.37. The van der Waals surface area contributed by atoms with Crippen LogP contribution >= 0.6 is 0 Å². The number of rotatable bonds is 6. The van der Waals surface area contributed by atoms with Gasteiger partial charge in [0, 0.05) is 38.0 Å². The smallest absolute Gasteiger partial charge is 0.251 e. The average molecular weight is 513 g/mol. The van der Waals surface area contributed by atoms with Crippen molar-refractivity contribution >= 4 is 23.3 Å². The minimum Gasteiger partial charge on any atom is -0.366 e. The maximum absolute atomic E-state index is 13.7. The third-order valence-corrected chi connectivity index (χ3v) is 8.72. The molecule has 3 aliphatic heterocycles. The molecule has 3 saturated heterocycles. The number of hydrogen-bond donors (Lipinski definition) is 3. The molecular formula is C28H42N5O4+. The number of benzene rings is 1. The van der Waals surface area contributed by atoms with Crippen LogP contribution in [0.2, 0.25) is 0 Å². The van der Waals surface area contributed by atoms with Crippen molar-refractivity contribution in [2.45, 2.75) is 76.7 Å². The predicted octanol–water partition coefficient (Wildman–Crippen LogP) is 1.19. The minimum atomic E-state index is -0.756. The number of ketones is 1. The molecule has 1 saturated carbocycles. The van der Waals surface area contributed by atoms with Crippen molar-refractivity contribution in [3.63, 3.8) is 0 Å². The molecule has 37 heavy (non-hydrogen) atoms. The van der Waals surface area contributed by atoms with Crippen molar-refractivity contribution in [3.8, 4) is 0 Å². The summed E-state index contributed by atoms with van der Waals surface area (Å²) in [6, 6.07) is 6.80. The summed E-state index contributed by atoms with van der Waals surface area (Å²) in [5.41, 5.74) is 7.78. The van der Waals surface area contributed by atoms with E-state index < -0.39 is 24.2 Å². The van der Waals surface area contributed by atoms with Crippen LogP contribution in [0.15, 0.2) is 24.3 Å². The van der Waals surface area contributed by atoms with Gasteiger partial charge in [-0.05, 0) is 42.5 Å². The van der Waals surface area contributed by atoms with Gasteiger partial charge in [-0.3, -0.25) is 18.9 Å². The first kappa shape index (κ1) is 26.3. The van der Waals surface area contributed by atoms with Crippen LogP contribution in [-0.4, -0.2) is 92.1 Å². The number of piperazine rings is 1. The number of likely N-dealkylation sites (tertiary alicyclic amines) is 1. The highest BCUT2D eigenvalue weighted by Crippen LogP contribution is 2.37. The van der Waals surface area contributed by atoms with Gasteiger partial charge in [0.15, 0.2) is 5.78 Å². The zero-order valence-corrected chi connectivity index (χ0v) is 22.4. The fraction of sp³-hybridized carbons (Fsp3) is 0.679. The summed E-state index contributed by atoms with van der Waals surface area (Å²) in [5.74, 6) is -0.671. The number of carbonyl (C=O) groups is 3. The molecule has 1 aromatic rings. The van der Waals surface area contributed by atoms with E-state index in [2.05, 4.69) is 22.8 Å². The molecule has 4 fully saturated rings. The molecule has 4 aliphatic rings. The van der Waals surface area contributed by atoms with Crippen LogP contribution in [0, 0.1) is 5.41 Å². The number of amides is 2. The standard InChI is InChI=1S/C28H41N5O4/c1-28(2,3)15-22(27(36)32-16-21(29)25-24(32)23(34)17-37-25)31-26(35)18-7-9-20(10-8-18)33(19-5-4-6-19)13-11-30-12-14-33/h7-10,19,21-22,24-25,30H,4-6,11-17,29H2,1-3H3/p+1/t21-,22-,24+,25+/m0/s1. The van der Waals surface area contributed by atoms with Crippen molar-refractivity contribution in [1.82, 2.24) is 20.0 Å². The van der Waals surface area contributed by atoms with Crippen LogP contribution in [0.25, 0.3) is 0 Å². The molecule has 3 heterocycles. The Morgan fingerprint density at radius 2 is 1.86 bits per heavy atom. The van der Waals surface area contributed by atoms with Gasteiger partial charge in [-0.15, -0.1) is 0 Å². The van der Waals surface area contributed by atoms with Crippen LogP contribution in [-0.2, 0) is 14.3 Å². The van der Waals surface area contributed by atoms with Gasteiger partial charge in [0.2, 0.25) is 5.91 Å². The lowest BCUT2D eigenvalue weighted by atomic mass is 9.87. The number of fused-ring (bicyclic) bond motifs is 1. The van der Waals surface area contributed by atoms with Gasteiger partial charge in [-0.1, -0.05) is 20.8 Å². The lowest BCUT2D eigenvalue weighted by molar-refractivity contribution is -0.138. The molecule has 1 aliphatic carbocycles. The number of hydrogen-bond acceptors (Lipinski definition) is 6. The van der Waals surface area contributed by atoms with E-state index in [1.807, 2.05) is 32.9 Å². The van der Waals surface area contributed by atoms with E-state index in [1.165, 1.54) is 29.8 Å². The van der Waals surface area contributed by atoms with Crippen molar-refractivity contribution in [2.24, 2.45) is 11.1 Å². The Hall–Kier alpha value is -2.33. The largest absolute Gasteiger partial charge is 0.366 e. The normalized spacial score (nSPS) is 28.5. The van der Waals surface area contributed by atoms with Crippen molar-refractivity contribution < 1.29 is 19.1 Å². The second kappa shape index (κ2) is 10.1. The summed E-state index contributed by atoms with van der Waals surface area (Å²) < 4.78 is 6.54. The van der Waals surface area contributed by atoms with Gasteiger partial charge < -0.3 is 26.0 Å². The third kappa shape index (κ3) is 5.06. The van der Waals surface area contributed by atoms with E-state index >= 15 is 0 Å². The molecule has 0 radical (unpaired) electrons. The van der Waals surface area contributed by atoms with Gasteiger partial charge in [0.1, 0.15) is 30.5 Å². The maximum Gasteiger partial charge on any atom is 0.251 e.